The van der Waals surface area contributed by atoms with Crippen molar-refractivity contribution in [2.24, 2.45) is 0 Å². The lowest BCUT2D eigenvalue weighted by Crippen LogP contribution is -2.13. The Morgan fingerprint density at radius 2 is 1.89 bits per heavy atom. The molecule has 0 aliphatic heterocycles. The van der Waals surface area contributed by atoms with Crippen LogP contribution < -0.4 is 14.8 Å². The second-order valence-corrected chi connectivity index (χ2v) is 6.22. The Bertz CT molecular complexity index is 985. The minimum atomic E-state index is -0.542. The highest BCUT2D eigenvalue weighted by Gasteiger charge is 2.17. The van der Waals surface area contributed by atoms with Crippen molar-refractivity contribution in [3.63, 3.8) is 0 Å². The Balaban J connectivity index is 1.82. The maximum atomic E-state index is 12.5. The highest BCUT2D eigenvalue weighted by Crippen LogP contribution is 2.30. The maximum absolute atomic E-state index is 12.5. The molecule has 1 N–H and O–H groups in total. The molecule has 1 heterocycles. The van der Waals surface area contributed by atoms with Gasteiger partial charge in [-0.3, -0.25) is 14.9 Å². The van der Waals surface area contributed by atoms with E-state index in [1.165, 1.54) is 36.6 Å². The average Bonchev–Trinajstić information content (AvgIpc) is 3.18. The van der Waals surface area contributed by atoms with Gasteiger partial charge >= 0.3 is 0 Å². The molecule has 0 aliphatic rings. The number of aromatic nitrogens is 1. The molecule has 0 radical (unpaired) electrons. The van der Waals surface area contributed by atoms with Crippen LogP contribution in [0.5, 0.6) is 11.5 Å². The van der Waals surface area contributed by atoms with Crippen LogP contribution in [0, 0.1) is 10.1 Å². The summed E-state index contributed by atoms with van der Waals surface area (Å²) in [4.78, 5) is 27.2. The van der Waals surface area contributed by atoms with Gasteiger partial charge in [-0.25, -0.2) is 4.98 Å². The second kappa shape index (κ2) is 7.83. The van der Waals surface area contributed by atoms with Gasteiger partial charge in [-0.1, -0.05) is 0 Å². The molecule has 0 bridgehead atoms. The number of carbonyl (C=O) groups excluding carboxylic acids is 1. The number of rotatable bonds is 6. The normalized spacial score (nSPS) is 10.3. The van der Waals surface area contributed by atoms with E-state index in [1.807, 2.05) is 24.3 Å². The summed E-state index contributed by atoms with van der Waals surface area (Å²) in [6.07, 6.45) is 0. The van der Waals surface area contributed by atoms with Gasteiger partial charge in [0.2, 0.25) is 0 Å². The van der Waals surface area contributed by atoms with E-state index >= 15 is 0 Å². The Labute approximate surface area is 158 Å². The van der Waals surface area contributed by atoms with Crippen LogP contribution in [0.15, 0.2) is 47.8 Å². The van der Waals surface area contributed by atoms with E-state index in [9.17, 15) is 14.9 Å². The van der Waals surface area contributed by atoms with Crippen LogP contribution in [0.25, 0.3) is 10.6 Å². The Kier molecular flexibility index (Phi) is 5.32. The van der Waals surface area contributed by atoms with Crippen LogP contribution in [0.3, 0.4) is 0 Å². The number of hydrogen-bond donors (Lipinski definition) is 1. The first-order valence-corrected chi connectivity index (χ1v) is 8.63. The third-order valence-electron chi connectivity index (χ3n) is 3.72. The molecule has 2 aromatic carbocycles. The number of nitrogens with one attached hydrogen (secondary N) is 1. The molecule has 0 unspecified atom stereocenters. The van der Waals surface area contributed by atoms with Crippen molar-refractivity contribution in [1.29, 1.82) is 0 Å². The summed E-state index contributed by atoms with van der Waals surface area (Å²) in [5.74, 6) is 0.565. The number of nitro groups is 1. The molecule has 27 heavy (non-hydrogen) atoms. The molecule has 0 aliphatic carbocycles. The van der Waals surface area contributed by atoms with E-state index in [-0.39, 0.29) is 17.1 Å². The predicted molar refractivity (Wildman–Crippen MR) is 102 cm³/mol. The number of nitro benzene ring substituents is 1. The summed E-state index contributed by atoms with van der Waals surface area (Å²) >= 11 is 1.32. The Morgan fingerprint density at radius 1 is 1.15 bits per heavy atom. The van der Waals surface area contributed by atoms with Crippen LogP contribution in [-0.4, -0.2) is 30.0 Å². The average molecular weight is 385 g/mol. The van der Waals surface area contributed by atoms with Crippen molar-refractivity contribution in [1.82, 2.24) is 4.98 Å². The Morgan fingerprint density at radius 3 is 2.52 bits per heavy atom. The number of anilines is 1. The van der Waals surface area contributed by atoms with E-state index in [0.717, 1.165) is 11.3 Å². The van der Waals surface area contributed by atoms with Gasteiger partial charge in [0.1, 0.15) is 22.2 Å². The summed E-state index contributed by atoms with van der Waals surface area (Å²) in [5.41, 5.74) is 1.12. The van der Waals surface area contributed by atoms with Gasteiger partial charge in [0, 0.05) is 23.1 Å². The number of benzene rings is 2. The van der Waals surface area contributed by atoms with Crippen LogP contribution in [0.2, 0.25) is 0 Å². The molecule has 8 nitrogen and oxygen atoms in total. The molecule has 0 fully saturated rings. The summed E-state index contributed by atoms with van der Waals surface area (Å²) in [5, 5.41) is 15.9. The molecule has 1 aromatic heterocycles. The largest absolute Gasteiger partial charge is 0.497 e. The van der Waals surface area contributed by atoms with E-state index in [4.69, 9.17) is 9.47 Å². The highest BCUT2D eigenvalue weighted by atomic mass is 32.1. The van der Waals surface area contributed by atoms with E-state index in [2.05, 4.69) is 10.3 Å². The number of methoxy groups -OCH3 is 2. The monoisotopic (exact) mass is 385 g/mol. The van der Waals surface area contributed by atoms with Gasteiger partial charge in [0.15, 0.2) is 0 Å². The van der Waals surface area contributed by atoms with Crippen molar-refractivity contribution in [3.05, 3.63) is 63.7 Å². The van der Waals surface area contributed by atoms with Gasteiger partial charge < -0.3 is 14.8 Å². The fourth-order valence-corrected chi connectivity index (χ4v) is 3.14. The lowest BCUT2D eigenvalue weighted by molar-refractivity contribution is -0.384. The van der Waals surface area contributed by atoms with Crippen molar-refractivity contribution >= 4 is 28.6 Å². The van der Waals surface area contributed by atoms with Crippen LogP contribution in [0.4, 0.5) is 11.4 Å². The quantitative estimate of drug-likeness (QED) is 0.508. The zero-order chi connectivity index (χ0) is 19.4. The molecule has 0 saturated heterocycles. The topological polar surface area (TPSA) is 104 Å². The molecule has 1 amide bonds. The van der Waals surface area contributed by atoms with Crippen molar-refractivity contribution in [3.8, 4) is 22.1 Å². The lowest BCUT2D eigenvalue weighted by atomic mass is 10.2. The summed E-state index contributed by atoms with van der Waals surface area (Å²) in [7, 11) is 3.00. The molecular weight excluding hydrogens is 370 g/mol. The standard InChI is InChI=1S/C18H15N3O5S/c1-25-13-6-3-11(4-7-13)18-20-15(10-27-18)17(22)19-14-9-12(21(23)24)5-8-16(14)26-2/h3-10H,1-2H3,(H,19,22). The molecule has 0 spiro atoms. The molecule has 0 atom stereocenters. The molecule has 3 aromatic rings. The zero-order valence-corrected chi connectivity index (χ0v) is 15.3. The van der Waals surface area contributed by atoms with Gasteiger partial charge in [-0.15, -0.1) is 11.3 Å². The van der Waals surface area contributed by atoms with Gasteiger partial charge in [0.05, 0.1) is 24.8 Å². The van der Waals surface area contributed by atoms with Crippen LogP contribution >= 0.6 is 11.3 Å². The first-order chi connectivity index (χ1) is 13.0. The van der Waals surface area contributed by atoms with Crippen molar-refractivity contribution < 1.29 is 19.2 Å². The van der Waals surface area contributed by atoms with Crippen LogP contribution in [0.1, 0.15) is 10.5 Å². The van der Waals surface area contributed by atoms with Crippen molar-refractivity contribution in [2.75, 3.05) is 19.5 Å². The van der Waals surface area contributed by atoms with Crippen LogP contribution in [-0.2, 0) is 0 Å². The van der Waals surface area contributed by atoms with Crippen molar-refractivity contribution in [2.45, 2.75) is 0 Å². The molecule has 9 heteroatoms. The minimum absolute atomic E-state index is 0.150. The first-order valence-electron chi connectivity index (χ1n) is 7.75. The zero-order valence-electron chi connectivity index (χ0n) is 14.5. The van der Waals surface area contributed by atoms with Gasteiger partial charge in [0.25, 0.3) is 11.6 Å². The van der Waals surface area contributed by atoms with E-state index in [1.54, 1.807) is 12.5 Å². The fraction of sp³-hybridized carbons (Fsp3) is 0.111. The number of carbonyl (C=O) groups is 1. The summed E-state index contributed by atoms with van der Waals surface area (Å²) in [6.45, 7) is 0. The third kappa shape index (κ3) is 4.04. The maximum Gasteiger partial charge on any atom is 0.275 e. The van der Waals surface area contributed by atoms with E-state index < -0.39 is 10.8 Å². The summed E-state index contributed by atoms with van der Waals surface area (Å²) in [6, 6.07) is 11.3. The molecular formula is C18H15N3O5S. The number of ether oxygens (including phenoxy) is 2. The molecule has 138 valence electrons. The third-order valence-corrected chi connectivity index (χ3v) is 4.61. The second-order valence-electron chi connectivity index (χ2n) is 5.36. The Hall–Kier alpha value is -3.46. The predicted octanol–water partition coefficient (Wildman–Crippen LogP) is 3.99. The molecule has 3 rings (SSSR count). The molecule has 0 saturated carbocycles. The number of nitrogens with zero attached hydrogens (tertiary/aromatic N) is 2. The number of hydrogen-bond acceptors (Lipinski definition) is 7. The number of thiazole rings is 1. The number of amides is 1. The summed E-state index contributed by atoms with van der Waals surface area (Å²) < 4.78 is 10.3. The lowest BCUT2D eigenvalue weighted by Gasteiger charge is -2.08. The minimum Gasteiger partial charge on any atom is -0.497 e. The first kappa shape index (κ1) is 18.3. The van der Waals surface area contributed by atoms with E-state index in [0.29, 0.717) is 10.8 Å². The van der Waals surface area contributed by atoms with Gasteiger partial charge in [-0.2, -0.15) is 0 Å². The van der Waals surface area contributed by atoms with Gasteiger partial charge in [-0.05, 0) is 30.3 Å². The SMILES string of the molecule is COc1ccc(-c2nc(C(=O)Nc3cc([N+](=O)[O-])ccc3OC)cs2)cc1. The fourth-order valence-electron chi connectivity index (χ4n) is 2.34. The highest BCUT2D eigenvalue weighted by molar-refractivity contribution is 7.13. The number of non-ortho nitro benzene ring substituents is 1. The smallest absolute Gasteiger partial charge is 0.275 e.